The van der Waals surface area contributed by atoms with Crippen LogP contribution >= 0.6 is 11.3 Å². The van der Waals surface area contributed by atoms with Gasteiger partial charge in [-0.3, -0.25) is 9.59 Å². The van der Waals surface area contributed by atoms with Crippen molar-refractivity contribution >= 4 is 23.1 Å². The lowest BCUT2D eigenvalue weighted by atomic mass is 10.1. The number of hydrogen-bond donors (Lipinski definition) is 0. The molecular weight excluding hydrogens is 298 g/mol. The first kappa shape index (κ1) is 15.3. The van der Waals surface area contributed by atoms with Crippen molar-refractivity contribution in [2.75, 3.05) is 7.11 Å². The molecule has 0 radical (unpaired) electrons. The van der Waals surface area contributed by atoms with Gasteiger partial charge in [-0.15, -0.1) is 11.3 Å². The minimum absolute atomic E-state index is 0.0719. The van der Waals surface area contributed by atoms with Crippen LogP contribution in [0.5, 0.6) is 0 Å². The van der Waals surface area contributed by atoms with Crippen LogP contribution in [0, 0.1) is 11.6 Å². The van der Waals surface area contributed by atoms with Gasteiger partial charge in [0.05, 0.1) is 18.4 Å². The fourth-order valence-electron chi connectivity index (χ4n) is 1.79. The Bertz CT molecular complexity index is 659. The quantitative estimate of drug-likeness (QED) is 0.629. The summed E-state index contributed by atoms with van der Waals surface area (Å²) in [6, 6.07) is 6.65. The Morgan fingerprint density at radius 3 is 2.38 bits per heavy atom. The van der Waals surface area contributed by atoms with Crippen molar-refractivity contribution in [1.29, 1.82) is 0 Å². The van der Waals surface area contributed by atoms with E-state index < -0.39 is 17.6 Å². The molecule has 0 aliphatic heterocycles. The minimum Gasteiger partial charge on any atom is -0.469 e. The lowest BCUT2D eigenvalue weighted by Crippen LogP contribution is -2.05. The SMILES string of the molecule is COC(=O)Cc1ccc(C(=O)Cc2c(F)cccc2F)s1. The van der Waals surface area contributed by atoms with Crippen LogP contribution < -0.4 is 0 Å². The molecule has 0 saturated carbocycles. The number of rotatable bonds is 5. The predicted molar refractivity (Wildman–Crippen MR) is 74.4 cm³/mol. The summed E-state index contributed by atoms with van der Waals surface area (Å²) in [6.07, 6.45) is -0.279. The Balaban J connectivity index is 2.12. The maximum absolute atomic E-state index is 13.5. The number of halogens is 2. The molecule has 0 aliphatic rings. The van der Waals surface area contributed by atoms with E-state index in [0.717, 1.165) is 23.5 Å². The van der Waals surface area contributed by atoms with Crippen molar-refractivity contribution in [2.45, 2.75) is 12.8 Å². The van der Waals surface area contributed by atoms with E-state index in [4.69, 9.17) is 0 Å². The molecule has 0 amide bonds. The molecule has 3 nitrogen and oxygen atoms in total. The highest BCUT2D eigenvalue weighted by Crippen LogP contribution is 2.21. The number of Topliss-reactive ketones (excluding diaryl/α,β-unsaturated/α-hetero) is 1. The average molecular weight is 310 g/mol. The van der Waals surface area contributed by atoms with Crippen molar-refractivity contribution in [1.82, 2.24) is 0 Å². The third-order valence-corrected chi connectivity index (χ3v) is 4.01. The fraction of sp³-hybridized carbons (Fsp3) is 0.200. The highest BCUT2D eigenvalue weighted by molar-refractivity contribution is 7.14. The van der Waals surface area contributed by atoms with Crippen LogP contribution in [0.25, 0.3) is 0 Å². The van der Waals surface area contributed by atoms with Gasteiger partial charge in [-0.05, 0) is 24.3 Å². The van der Waals surface area contributed by atoms with Gasteiger partial charge in [-0.2, -0.15) is 0 Å². The number of thiophene rings is 1. The van der Waals surface area contributed by atoms with Crippen LogP contribution in [0.3, 0.4) is 0 Å². The number of esters is 1. The van der Waals surface area contributed by atoms with Gasteiger partial charge < -0.3 is 4.74 Å². The molecule has 0 atom stereocenters. The van der Waals surface area contributed by atoms with E-state index in [9.17, 15) is 18.4 Å². The summed E-state index contributed by atoms with van der Waals surface area (Å²) in [6.45, 7) is 0. The van der Waals surface area contributed by atoms with Crippen LogP contribution in [0.4, 0.5) is 8.78 Å². The molecule has 1 aromatic heterocycles. The second kappa shape index (κ2) is 6.58. The Morgan fingerprint density at radius 1 is 1.10 bits per heavy atom. The maximum atomic E-state index is 13.5. The summed E-state index contributed by atoms with van der Waals surface area (Å²) in [4.78, 5) is 24.2. The minimum atomic E-state index is -0.741. The zero-order valence-corrected chi connectivity index (χ0v) is 12.0. The molecule has 6 heteroatoms. The molecule has 0 unspecified atom stereocenters. The van der Waals surface area contributed by atoms with Gasteiger partial charge in [-0.25, -0.2) is 8.78 Å². The molecule has 110 valence electrons. The van der Waals surface area contributed by atoms with Crippen LogP contribution in [0.15, 0.2) is 30.3 Å². The topological polar surface area (TPSA) is 43.4 Å². The molecule has 21 heavy (non-hydrogen) atoms. The first-order chi connectivity index (χ1) is 10.0. The van der Waals surface area contributed by atoms with Gasteiger partial charge >= 0.3 is 5.97 Å². The molecule has 0 spiro atoms. The number of ether oxygens (including phenoxy) is 1. The zero-order valence-electron chi connectivity index (χ0n) is 11.2. The molecule has 0 N–H and O–H groups in total. The largest absolute Gasteiger partial charge is 0.469 e. The van der Waals surface area contributed by atoms with Crippen LogP contribution in [-0.2, 0) is 22.4 Å². The van der Waals surface area contributed by atoms with Crippen LogP contribution in [0.2, 0.25) is 0 Å². The van der Waals surface area contributed by atoms with Gasteiger partial charge in [0.2, 0.25) is 0 Å². The van der Waals surface area contributed by atoms with Gasteiger partial charge in [0.25, 0.3) is 0 Å². The highest BCUT2D eigenvalue weighted by atomic mass is 32.1. The standard InChI is InChI=1S/C15H12F2O3S/c1-20-15(19)7-9-5-6-14(21-9)13(18)8-10-11(16)3-2-4-12(10)17/h2-6H,7-8H2,1H3. The number of carbonyl (C=O) groups is 2. The smallest absolute Gasteiger partial charge is 0.310 e. The first-order valence-corrected chi connectivity index (χ1v) is 6.94. The Morgan fingerprint density at radius 2 is 1.76 bits per heavy atom. The molecular formula is C15H12F2O3S. The van der Waals surface area contributed by atoms with E-state index in [1.54, 1.807) is 12.1 Å². The summed E-state index contributed by atoms with van der Waals surface area (Å²) in [5.74, 6) is -2.28. The van der Waals surface area contributed by atoms with Crippen molar-refractivity contribution < 1.29 is 23.1 Å². The average Bonchev–Trinajstić information content (AvgIpc) is 2.91. The molecule has 2 aromatic rings. The van der Waals surface area contributed by atoms with Crippen molar-refractivity contribution in [2.24, 2.45) is 0 Å². The fourth-order valence-corrected chi connectivity index (χ4v) is 2.72. The lowest BCUT2D eigenvalue weighted by Gasteiger charge is -2.02. The molecule has 0 saturated heterocycles. The number of hydrogen-bond acceptors (Lipinski definition) is 4. The van der Waals surface area contributed by atoms with Gasteiger partial charge in [0, 0.05) is 16.9 Å². The third kappa shape index (κ3) is 3.72. The number of carbonyl (C=O) groups excluding carboxylic acids is 2. The van der Waals surface area contributed by atoms with E-state index in [0.29, 0.717) is 9.75 Å². The van der Waals surface area contributed by atoms with E-state index in [1.165, 1.54) is 13.2 Å². The van der Waals surface area contributed by atoms with E-state index in [2.05, 4.69) is 4.74 Å². The van der Waals surface area contributed by atoms with Crippen LogP contribution in [0.1, 0.15) is 20.1 Å². The zero-order chi connectivity index (χ0) is 15.4. The Labute approximate surface area is 124 Å². The number of methoxy groups -OCH3 is 1. The van der Waals surface area contributed by atoms with Crippen molar-refractivity contribution in [3.05, 3.63) is 57.3 Å². The Hall–Kier alpha value is -2.08. The van der Waals surface area contributed by atoms with E-state index in [-0.39, 0.29) is 24.2 Å². The predicted octanol–water partition coefficient (Wildman–Crippen LogP) is 3.17. The third-order valence-electron chi connectivity index (χ3n) is 2.88. The molecule has 0 fully saturated rings. The Kier molecular flexibility index (Phi) is 4.80. The summed E-state index contributed by atoms with van der Waals surface area (Å²) in [5, 5.41) is 0. The normalized spacial score (nSPS) is 10.4. The molecule has 1 heterocycles. The maximum Gasteiger partial charge on any atom is 0.310 e. The highest BCUT2D eigenvalue weighted by Gasteiger charge is 2.16. The molecule has 1 aromatic carbocycles. The summed E-state index contributed by atoms with van der Waals surface area (Å²) in [7, 11) is 1.28. The molecule has 2 rings (SSSR count). The second-order valence-electron chi connectivity index (χ2n) is 4.32. The monoisotopic (exact) mass is 310 g/mol. The summed E-state index contributed by atoms with van der Waals surface area (Å²) in [5.41, 5.74) is -0.245. The summed E-state index contributed by atoms with van der Waals surface area (Å²) < 4.78 is 31.5. The number of benzene rings is 1. The van der Waals surface area contributed by atoms with Gasteiger partial charge in [-0.1, -0.05) is 6.07 Å². The molecule has 0 bridgehead atoms. The van der Waals surface area contributed by atoms with Crippen molar-refractivity contribution in [3.63, 3.8) is 0 Å². The first-order valence-electron chi connectivity index (χ1n) is 6.13. The van der Waals surface area contributed by atoms with E-state index in [1.807, 2.05) is 0 Å². The van der Waals surface area contributed by atoms with E-state index >= 15 is 0 Å². The van der Waals surface area contributed by atoms with Gasteiger partial charge in [0.15, 0.2) is 5.78 Å². The second-order valence-corrected chi connectivity index (χ2v) is 5.49. The lowest BCUT2D eigenvalue weighted by molar-refractivity contribution is -0.139. The van der Waals surface area contributed by atoms with Crippen molar-refractivity contribution in [3.8, 4) is 0 Å². The van der Waals surface area contributed by atoms with Gasteiger partial charge in [0.1, 0.15) is 11.6 Å². The van der Waals surface area contributed by atoms with Crippen LogP contribution in [-0.4, -0.2) is 18.9 Å². The number of ketones is 1. The molecule has 0 aliphatic carbocycles. The summed E-state index contributed by atoms with van der Waals surface area (Å²) >= 11 is 1.12.